The lowest BCUT2D eigenvalue weighted by molar-refractivity contribution is -0.143. The molecule has 23 heavy (non-hydrogen) atoms. The molecule has 0 bridgehead atoms. The number of aliphatic carboxylic acids is 1. The summed E-state index contributed by atoms with van der Waals surface area (Å²) < 4.78 is 5.14. The molecular formula is C15H19N4O4+. The minimum absolute atomic E-state index is 0.131. The van der Waals surface area contributed by atoms with Gasteiger partial charge in [0.2, 0.25) is 4.91 Å². The van der Waals surface area contributed by atoms with Gasteiger partial charge in [0.15, 0.2) is 6.04 Å². The number of hydrogen-bond donors (Lipinski definition) is 3. The van der Waals surface area contributed by atoms with E-state index in [4.69, 9.17) is 15.4 Å². The monoisotopic (exact) mass is 319 g/mol. The minimum Gasteiger partial charge on any atom is -0.481 e. The first kappa shape index (κ1) is 16.6. The van der Waals surface area contributed by atoms with Crippen molar-refractivity contribution in [3.63, 3.8) is 0 Å². The molecule has 3 atom stereocenters. The van der Waals surface area contributed by atoms with Gasteiger partial charge < -0.3 is 15.2 Å². The molecular weight excluding hydrogens is 300 g/mol. The van der Waals surface area contributed by atoms with Crippen LogP contribution in [0.3, 0.4) is 0 Å². The fourth-order valence-electron chi connectivity index (χ4n) is 2.66. The third-order valence-corrected chi connectivity index (χ3v) is 3.89. The molecule has 1 aliphatic rings. The first-order valence-corrected chi connectivity index (χ1v) is 7.36. The number of nitrogens with zero attached hydrogens (tertiary/aromatic N) is 2. The maximum Gasteiger partial charge on any atom is 0.407 e. The van der Waals surface area contributed by atoms with E-state index >= 15 is 0 Å². The third kappa shape index (κ3) is 4.89. The number of hydrogen-bond acceptors (Lipinski definition) is 5. The van der Waals surface area contributed by atoms with Crippen molar-refractivity contribution in [3.05, 3.63) is 35.9 Å². The smallest absolute Gasteiger partial charge is 0.407 e. The highest BCUT2D eigenvalue weighted by Crippen LogP contribution is 2.27. The van der Waals surface area contributed by atoms with E-state index in [-0.39, 0.29) is 13.0 Å². The highest BCUT2D eigenvalue weighted by atomic mass is 16.5. The zero-order valence-corrected chi connectivity index (χ0v) is 12.5. The van der Waals surface area contributed by atoms with Crippen molar-refractivity contribution in [1.29, 1.82) is 5.53 Å². The molecule has 122 valence electrons. The van der Waals surface area contributed by atoms with Gasteiger partial charge >= 0.3 is 12.1 Å². The van der Waals surface area contributed by atoms with Crippen molar-refractivity contribution >= 4 is 12.1 Å². The number of carbonyl (C=O) groups excluding carboxylic acids is 1. The number of nitrogens with one attached hydrogen (secondary N) is 2. The van der Waals surface area contributed by atoms with Crippen molar-refractivity contribution in [3.8, 4) is 0 Å². The molecule has 0 heterocycles. The average molecular weight is 319 g/mol. The van der Waals surface area contributed by atoms with Gasteiger partial charge in [0, 0.05) is 0 Å². The molecule has 1 aliphatic carbocycles. The number of amides is 1. The van der Waals surface area contributed by atoms with E-state index in [0.717, 1.165) is 5.56 Å². The molecule has 0 radical (unpaired) electrons. The van der Waals surface area contributed by atoms with E-state index < -0.39 is 30.1 Å². The summed E-state index contributed by atoms with van der Waals surface area (Å²) in [6, 6.07) is 8.35. The molecule has 2 rings (SSSR count). The summed E-state index contributed by atoms with van der Waals surface area (Å²) in [4.78, 5) is 26.1. The summed E-state index contributed by atoms with van der Waals surface area (Å²) in [5, 5.41) is 15.5. The van der Waals surface area contributed by atoms with Crippen molar-refractivity contribution < 1.29 is 19.4 Å². The summed E-state index contributed by atoms with van der Waals surface area (Å²) in [6.45, 7) is 0.131. The topological polar surface area (TPSA) is 126 Å². The summed E-state index contributed by atoms with van der Waals surface area (Å²) in [5.41, 5.74) is 7.70. The van der Waals surface area contributed by atoms with E-state index in [1.165, 1.54) is 0 Å². The third-order valence-electron chi connectivity index (χ3n) is 3.89. The Hall–Kier alpha value is -2.73. The summed E-state index contributed by atoms with van der Waals surface area (Å²) in [5.74, 6) is -1.43. The van der Waals surface area contributed by atoms with Gasteiger partial charge in [-0.1, -0.05) is 30.3 Å². The maximum atomic E-state index is 11.9. The van der Waals surface area contributed by atoms with Crippen molar-refractivity contribution in [2.24, 2.45) is 11.0 Å². The molecule has 3 unspecified atom stereocenters. The van der Waals surface area contributed by atoms with Crippen LogP contribution in [0.1, 0.15) is 24.8 Å². The molecule has 1 aromatic carbocycles. The second kappa shape index (κ2) is 8.05. The van der Waals surface area contributed by atoms with Crippen LogP contribution in [0.5, 0.6) is 0 Å². The Labute approximate surface area is 133 Å². The predicted molar refractivity (Wildman–Crippen MR) is 79.6 cm³/mol. The first-order chi connectivity index (χ1) is 11.1. The molecule has 1 saturated carbocycles. The Bertz CT molecular complexity index is 601. The number of benzene rings is 1. The van der Waals surface area contributed by atoms with Crippen LogP contribution in [0, 0.1) is 11.4 Å². The lowest BCUT2D eigenvalue weighted by atomic mass is 9.83. The van der Waals surface area contributed by atoms with Gasteiger partial charge in [0.25, 0.3) is 0 Å². The largest absolute Gasteiger partial charge is 0.481 e. The Kier molecular flexibility index (Phi) is 5.82. The van der Waals surface area contributed by atoms with Crippen LogP contribution in [-0.4, -0.2) is 29.3 Å². The van der Waals surface area contributed by atoms with Crippen LogP contribution in [0.25, 0.3) is 0 Å². The second-order valence-electron chi connectivity index (χ2n) is 5.44. The fraction of sp³-hybridized carbons (Fsp3) is 0.467. The highest BCUT2D eigenvalue weighted by molar-refractivity contribution is 5.71. The zero-order valence-electron chi connectivity index (χ0n) is 12.5. The molecule has 0 aliphatic heterocycles. The molecule has 0 aromatic heterocycles. The summed E-state index contributed by atoms with van der Waals surface area (Å²) >= 11 is 0. The fourth-order valence-corrected chi connectivity index (χ4v) is 2.66. The highest BCUT2D eigenvalue weighted by Gasteiger charge is 2.37. The zero-order chi connectivity index (χ0) is 16.7. The van der Waals surface area contributed by atoms with Crippen LogP contribution >= 0.6 is 0 Å². The number of carboxylic acids is 1. The van der Waals surface area contributed by atoms with Gasteiger partial charge in [-0.15, -0.1) is 0 Å². The van der Waals surface area contributed by atoms with Crippen LogP contribution in [0.15, 0.2) is 35.4 Å². The van der Waals surface area contributed by atoms with Gasteiger partial charge in [-0.2, -0.15) is 0 Å². The van der Waals surface area contributed by atoms with E-state index in [1.54, 1.807) is 0 Å². The second-order valence-corrected chi connectivity index (χ2v) is 5.44. The first-order valence-electron chi connectivity index (χ1n) is 7.36. The van der Waals surface area contributed by atoms with Crippen molar-refractivity contribution in [2.75, 3.05) is 0 Å². The SMILES string of the molecule is N=[N+]=NC1CCC(C(=O)O)CC1NC(=O)OCc1ccccc1. The van der Waals surface area contributed by atoms with Crippen LogP contribution in [-0.2, 0) is 16.1 Å². The maximum absolute atomic E-state index is 11.9. The molecule has 0 spiro atoms. The van der Waals surface area contributed by atoms with Crippen LogP contribution in [0.2, 0.25) is 0 Å². The minimum atomic E-state index is -0.893. The van der Waals surface area contributed by atoms with E-state index in [0.29, 0.717) is 12.8 Å². The lowest BCUT2D eigenvalue weighted by Gasteiger charge is -2.29. The predicted octanol–water partition coefficient (Wildman–Crippen LogP) is 2.09. The molecule has 0 saturated heterocycles. The number of carboxylic acid groups (broad SMARTS) is 1. The van der Waals surface area contributed by atoms with Crippen LogP contribution < -0.4 is 10.2 Å². The number of carbonyl (C=O) groups is 2. The van der Waals surface area contributed by atoms with Gasteiger partial charge in [-0.25, -0.2) is 4.79 Å². The van der Waals surface area contributed by atoms with Gasteiger partial charge in [-0.3, -0.25) is 4.79 Å². The molecule has 8 heteroatoms. The van der Waals surface area contributed by atoms with Gasteiger partial charge in [0.1, 0.15) is 17.3 Å². The quantitative estimate of drug-likeness (QED) is 0.567. The molecule has 1 aromatic rings. The van der Waals surface area contributed by atoms with Gasteiger partial charge in [0.05, 0.1) is 12.0 Å². The van der Waals surface area contributed by atoms with Crippen molar-refractivity contribution in [2.45, 2.75) is 38.0 Å². The van der Waals surface area contributed by atoms with Crippen molar-refractivity contribution in [1.82, 2.24) is 10.2 Å². The Morgan fingerprint density at radius 1 is 1.35 bits per heavy atom. The average Bonchev–Trinajstić information content (AvgIpc) is 2.55. The molecule has 3 N–H and O–H groups in total. The Morgan fingerprint density at radius 2 is 2.09 bits per heavy atom. The molecule has 8 nitrogen and oxygen atoms in total. The van der Waals surface area contributed by atoms with E-state index in [1.807, 2.05) is 30.3 Å². The summed E-state index contributed by atoms with van der Waals surface area (Å²) in [6.07, 6.45) is 0.536. The molecule has 1 fully saturated rings. The van der Waals surface area contributed by atoms with Gasteiger partial charge in [-0.05, 0) is 24.8 Å². The van der Waals surface area contributed by atoms with E-state index in [9.17, 15) is 9.59 Å². The Morgan fingerprint density at radius 3 is 2.74 bits per heavy atom. The number of ether oxygens (including phenoxy) is 1. The standard InChI is InChI=1S/C15H18N4O4/c16-19-18-12-7-6-11(14(20)21)8-13(12)17-15(22)23-9-10-4-2-1-3-5-10/h1-5,11-13,16H,6-9H2,(H-,17,20,21,22)/p+1. The lowest BCUT2D eigenvalue weighted by Crippen LogP contribution is -2.47. The van der Waals surface area contributed by atoms with E-state index in [2.05, 4.69) is 15.3 Å². The summed E-state index contributed by atoms with van der Waals surface area (Å²) in [7, 11) is 0. The Balaban J connectivity index is 1.92. The normalized spacial score (nSPS) is 23.4. The molecule has 1 amide bonds. The number of alkyl carbamates (subject to hydrolysis) is 1. The number of rotatable bonds is 5. The van der Waals surface area contributed by atoms with Crippen LogP contribution in [0.4, 0.5) is 4.79 Å².